The van der Waals surface area contributed by atoms with Gasteiger partial charge in [0.1, 0.15) is 6.04 Å². The zero-order chi connectivity index (χ0) is 32.9. The minimum atomic E-state index is -0.702. The number of hydrogen-bond donors (Lipinski definition) is 1. The molecule has 0 bridgehead atoms. The van der Waals surface area contributed by atoms with Crippen molar-refractivity contribution < 1.29 is 18.8 Å². The highest BCUT2D eigenvalue weighted by molar-refractivity contribution is 7.14. The normalized spacial score (nSPS) is 18.2. The number of nitrogens with one attached hydrogen (secondary N) is 1. The van der Waals surface area contributed by atoms with Crippen LogP contribution in [0.5, 0.6) is 0 Å². The van der Waals surface area contributed by atoms with E-state index in [2.05, 4.69) is 49.4 Å². The van der Waals surface area contributed by atoms with Crippen molar-refractivity contribution in [1.82, 2.24) is 25.2 Å². The summed E-state index contributed by atoms with van der Waals surface area (Å²) in [5.74, 6) is -0.511. The Morgan fingerprint density at radius 2 is 1.73 bits per heavy atom. The lowest BCUT2D eigenvalue weighted by Gasteiger charge is -2.35. The molecule has 48 heavy (non-hydrogen) atoms. The smallest absolute Gasteiger partial charge is 0.259 e. The summed E-state index contributed by atoms with van der Waals surface area (Å²) in [5, 5.41) is 5.15. The topological polar surface area (TPSA) is 112 Å². The number of rotatable bonds is 7. The lowest BCUT2D eigenvalue weighted by molar-refractivity contribution is -0.134. The molecule has 0 radical (unpaired) electrons. The molecular formula is C36H32FN7O3S. The number of piperidine rings is 1. The van der Waals surface area contributed by atoms with E-state index in [1.54, 1.807) is 11.1 Å². The second kappa shape index (κ2) is 12.2. The van der Waals surface area contributed by atoms with Crippen LogP contribution in [-0.4, -0.2) is 69.8 Å². The molecule has 8 rings (SSSR count). The number of imide groups is 1. The summed E-state index contributed by atoms with van der Waals surface area (Å²) in [4.78, 5) is 57.6. The van der Waals surface area contributed by atoms with Crippen molar-refractivity contribution in [2.24, 2.45) is 0 Å². The minimum absolute atomic E-state index is 0.203. The largest absolute Gasteiger partial charge is 0.352 e. The van der Waals surface area contributed by atoms with Crippen molar-refractivity contribution in [1.29, 1.82) is 0 Å². The predicted molar refractivity (Wildman–Crippen MR) is 182 cm³/mol. The summed E-state index contributed by atoms with van der Waals surface area (Å²) in [5.41, 5.74) is 4.76. The summed E-state index contributed by atoms with van der Waals surface area (Å²) in [7, 11) is 0. The van der Waals surface area contributed by atoms with Crippen molar-refractivity contribution in [3.05, 3.63) is 100 Å². The average molecular weight is 662 g/mol. The molecule has 0 spiro atoms. The number of piperazine rings is 1. The van der Waals surface area contributed by atoms with E-state index < -0.39 is 17.8 Å². The number of aromatic nitrogens is 3. The Balaban J connectivity index is 0.930. The maximum Gasteiger partial charge on any atom is 0.259 e. The highest BCUT2D eigenvalue weighted by Gasteiger charge is 2.40. The van der Waals surface area contributed by atoms with Crippen LogP contribution >= 0.6 is 11.3 Å². The fourth-order valence-electron chi connectivity index (χ4n) is 6.98. The third-order valence-corrected chi connectivity index (χ3v) is 10.3. The lowest BCUT2D eigenvalue weighted by atomic mass is 9.95. The molecule has 3 aliphatic rings. The first kappa shape index (κ1) is 30.3. The van der Waals surface area contributed by atoms with Gasteiger partial charge in [-0.25, -0.2) is 19.3 Å². The molecule has 0 saturated carbocycles. The molecule has 242 valence electrons. The minimum Gasteiger partial charge on any atom is -0.352 e. The van der Waals surface area contributed by atoms with E-state index in [4.69, 9.17) is 0 Å². The molecule has 5 aromatic rings. The lowest BCUT2D eigenvalue weighted by Crippen LogP contribution is -2.53. The number of aryl methyl sites for hydroxylation is 1. The number of carbonyl (C=O) groups is 3. The molecule has 10 nitrogen and oxygen atoms in total. The highest BCUT2D eigenvalue weighted by Crippen LogP contribution is 2.41. The van der Waals surface area contributed by atoms with E-state index in [-0.39, 0.29) is 18.2 Å². The Hall–Kier alpha value is -5.07. The maximum absolute atomic E-state index is 14.7. The molecule has 3 amide bonds. The monoisotopic (exact) mass is 661 g/mol. The van der Waals surface area contributed by atoms with E-state index in [1.807, 2.05) is 42.2 Å². The van der Waals surface area contributed by atoms with E-state index in [1.165, 1.54) is 23.1 Å². The first-order valence-electron chi connectivity index (χ1n) is 16.0. The van der Waals surface area contributed by atoms with Gasteiger partial charge in [-0.2, -0.15) is 0 Å². The number of amides is 3. The van der Waals surface area contributed by atoms with Crippen LogP contribution in [0.15, 0.2) is 67.0 Å². The Bertz CT molecular complexity index is 2090. The highest BCUT2D eigenvalue weighted by atomic mass is 32.1. The van der Waals surface area contributed by atoms with Crippen LogP contribution < -0.4 is 15.1 Å². The number of anilines is 2. The predicted octanol–water partition coefficient (Wildman–Crippen LogP) is 4.88. The zero-order valence-corrected chi connectivity index (χ0v) is 27.1. The Morgan fingerprint density at radius 3 is 2.48 bits per heavy atom. The molecule has 3 aromatic carbocycles. The third kappa shape index (κ3) is 5.50. The van der Waals surface area contributed by atoms with Gasteiger partial charge in [-0.3, -0.25) is 29.5 Å². The quantitative estimate of drug-likeness (QED) is 0.246. The van der Waals surface area contributed by atoms with Gasteiger partial charge in [-0.1, -0.05) is 42.5 Å². The molecule has 1 unspecified atom stereocenters. The van der Waals surface area contributed by atoms with Crippen molar-refractivity contribution in [3.63, 3.8) is 0 Å². The zero-order valence-electron chi connectivity index (χ0n) is 26.3. The molecule has 12 heteroatoms. The van der Waals surface area contributed by atoms with Crippen LogP contribution in [0.1, 0.15) is 44.9 Å². The number of carbonyl (C=O) groups excluding carboxylic acids is 3. The second-order valence-corrected chi connectivity index (χ2v) is 13.7. The average Bonchev–Trinajstić information content (AvgIpc) is 3.65. The molecule has 2 fully saturated rings. The van der Waals surface area contributed by atoms with E-state index in [9.17, 15) is 18.8 Å². The van der Waals surface area contributed by atoms with Gasteiger partial charge in [-0.15, -0.1) is 11.3 Å². The summed E-state index contributed by atoms with van der Waals surface area (Å²) in [6.07, 6.45) is 4.19. The van der Waals surface area contributed by atoms with Crippen molar-refractivity contribution in [3.8, 4) is 10.7 Å². The second-order valence-electron chi connectivity index (χ2n) is 12.5. The number of thiazole rings is 1. The summed E-state index contributed by atoms with van der Waals surface area (Å²) < 4.78 is 14.7. The molecule has 0 aliphatic carbocycles. The van der Waals surface area contributed by atoms with E-state index in [0.29, 0.717) is 43.1 Å². The van der Waals surface area contributed by atoms with Gasteiger partial charge in [0.2, 0.25) is 11.8 Å². The third-order valence-electron chi connectivity index (χ3n) is 9.40. The van der Waals surface area contributed by atoms with Gasteiger partial charge in [0.15, 0.2) is 17.5 Å². The fourth-order valence-corrected chi connectivity index (χ4v) is 7.70. The fraction of sp³-hybridized carbons (Fsp3) is 0.278. The Morgan fingerprint density at radius 1 is 0.938 bits per heavy atom. The van der Waals surface area contributed by atoms with Crippen LogP contribution in [0, 0.1) is 12.7 Å². The van der Waals surface area contributed by atoms with Gasteiger partial charge in [0.05, 0.1) is 21.8 Å². The first-order chi connectivity index (χ1) is 23.3. The van der Waals surface area contributed by atoms with Crippen molar-refractivity contribution in [2.75, 3.05) is 36.0 Å². The van der Waals surface area contributed by atoms with Crippen LogP contribution in [0.25, 0.3) is 21.5 Å². The summed E-state index contributed by atoms with van der Waals surface area (Å²) in [6, 6.07) is 17.6. The van der Waals surface area contributed by atoms with Gasteiger partial charge < -0.3 is 4.90 Å². The van der Waals surface area contributed by atoms with Gasteiger partial charge >= 0.3 is 0 Å². The molecule has 3 aliphatic heterocycles. The van der Waals surface area contributed by atoms with Crippen LogP contribution in [0.2, 0.25) is 0 Å². The molecule has 2 saturated heterocycles. The van der Waals surface area contributed by atoms with Crippen LogP contribution in [-0.2, 0) is 22.6 Å². The van der Waals surface area contributed by atoms with Gasteiger partial charge in [-0.05, 0) is 54.0 Å². The number of nitrogens with zero attached hydrogens (tertiary/aromatic N) is 6. The Kier molecular flexibility index (Phi) is 7.68. The Labute approximate surface area is 280 Å². The van der Waals surface area contributed by atoms with Gasteiger partial charge in [0, 0.05) is 56.3 Å². The van der Waals surface area contributed by atoms with Crippen molar-refractivity contribution in [2.45, 2.75) is 38.8 Å². The molecule has 5 heterocycles. The molecule has 1 atom stereocenters. The van der Waals surface area contributed by atoms with Crippen LogP contribution in [0.3, 0.4) is 0 Å². The van der Waals surface area contributed by atoms with E-state index in [0.717, 1.165) is 57.1 Å². The summed E-state index contributed by atoms with van der Waals surface area (Å²) >= 11 is 1.49. The maximum atomic E-state index is 14.7. The van der Waals surface area contributed by atoms with E-state index >= 15 is 0 Å². The molecule has 2 aromatic heterocycles. The summed E-state index contributed by atoms with van der Waals surface area (Å²) in [6.45, 7) is 5.63. The van der Waals surface area contributed by atoms with Crippen LogP contribution in [0.4, 0.5) is 15.9 Å². The standard InChI is InChI=1S/C36H32FN7O3S/c1-21-38-19-30(48-21)33-39-18-27(37)34(41-33)43-15-13-42(14-16-43)20-23-7-5-22(6-8-23)17-24-9-10-28-32-25(24)3-2-4-26(32)36(47)44(28)29-11-12-31(45)40-35(29)46/h2-10,18-19,29H,11-17,20H2,1H3,(H,40,45,46). The van der Waals surface area contributed by atoms with Gasteiger partial charge in [0.25, 0.3) is 5.91 Å². The number of halogens is 1. The van der Waals surface area contributed by atoms with Crippen molar-refractivity contribution >= 4 is 51.3 Å². The SMILES string of the molecule is Cc1ncc(-c2ncc(F)c(N3CCN(Cc4ccc(Cc5ccc6c7c(cccc57)C(=O)N6C5CCC(=O)NC5=O)cc4)CC3)n2)s1. The molecule has 1 N–H and O–H groups in total. The number of benzene rings is 3. The first-order valence-corrected chi connectivity index (χ1v) is 16.9. The number of hydrogen-bond acceptors (Lipinski definition) is 9. The molecular weight excluding hydrogens is 630 g/mol.